The molecule has 0 radical (unpaired) electrons. The fourth-order valence-electron chi connectivity index (χ4n) is 2.56. The molecule has 4 nitrogen and oxygen atoms in total. The molecular formula is C16H33KO4S. The van der Waals surface area contributed by atoms with Crippen molar-refractivity contribution < 1.29 is 69.5 Å². The zero-order valence-corrected chi connectivity index (χ0v) is 18.7. The molecule has 0 aromatic heterocycles. The zero-order chi connectivity index (χ0) is 16.2. The maximum atomic E-state index is 11.3. The minimum Gasteiger partial charge on any atom is -0.746 e. The number of aliphatic hydroxyl groups is 1. The Hall–Kier alpha value is 1.51. The summed E-state index contributed by atoms with van der Waals surface area (Å²) in [6, 6.07) is 0. The van der Waals surface area contributed by atoms with Crippen LogP contribution in [0.3, 0.4) is 0 Å². The van der Waals surface area contributed by atoms with Gasteiger partial charge in [0.25, 0.3) is 0 Å². The van der Waals surface area contributed by atoms with Gasteiger partial charge in [0, 0.05) is 0 Å². The molecule has 0 spiro atoms. The van der Waals surface area contributed by atoms with E-state index in [0.29, 0.717) is 12.8 Å². The zero-order valence-electron chi connectivity index (χ0n) is 14.8. The van der Waals surface area contributed by atoms with Gasteiger partial charge in [0.05, 0.1) is 0 Å². The third-order valence-corrected chi connectivity index (χ3v) is 5.40. The standard InChI is InChI=1S/C16H34O4S.K/c1-3-5-7-9-10-11-13-15-16(17,21(18,19)20)14-12-8-6-4-2;/h17H,3-15H2,1-2H3,(H,18,19,20);/q;+1/p-1. The van der Waals surface area contributed by atoms with E-state index in [9.17, 15) is 18.1 Å². The minimum atomic E-state index is -4.65. The summed E-state index contributed by atoms with van der Waals surface area (Å²) < 4.78 is 33.9. The van der Waals surface area contributed by atoms with E-state index in [4.69, 9.17) is 0 Å². The molecule has 1 unspecified atom stereocenters. The number of unbranched alkanes of at least 4 members (excludes halogenated alkanes) is 9. The Bertz CT molecular complexity index is 346. The normalized spacial score (nSPS) is 14.4. The minimum absolute atomic E-state index is 0. The van der Waals surface area contributed by atoms with Gasteiger partial charge >= 0.3 is 51.4 Å². The van der Waals surface area contributed by atoms with Crippen LogP contribution in [0.25, 0.3) is 0 Å². The van der Waals surface area contributed by atoms with Crippen molar-refractivity contribution in [2.24, 2.45) is 0 Å². The van der Waals surface area contributed by atoms with Crippen molar-refractivity contribution >= 4 is 10.1 Å². The summed E-state index contributed by atoms with van der Waals surface area (Å²) >= 11 is 0. The fourth-order valence-corrected chi connectivity index (χ4v) is 3.35. The van der Waals surface area contributed by atoms with E-state index in [-0.39, 0.29) is 64.2 Å². The quantitative estimate of drug-likeness (QED) is 0.288. The first-order valence-electron chi connectivity index (χ1n) is 8.55. The van der Waals surface area contributed by atoms with E-state index in [1.165, 1.54) is 19.3 Å². The first-order chi connectivity index (χ1) is 9.87. The van der Waals surface area contributed by atoms with Crippen LogP contribution < -0.4 is 51.4 Å². The third-order valence-electron chi connectivity index (χ3n) is 4.06. The largest absolute Gasteiger partial charge is 1.00 e. The van der Waals surface area contributed by atoms with Gasteiger partial charge in [-0.15, -0.1) is 0 Å². The number of rotatable bonds is 14. The Morgan fingerprint density at radius 2 is 1.09 bits per heavy atom. The Morgan fingerprint density at radius 3 is 1.45 bits per heavy atom. The maximum absolute atomic E-state index is 11.3. The molecule has 0 aliphatic rings. The second-order valence-corrected chi connectivity index (χ2v) is 7.75. The third kappa shape index (κ3) is 12.0. The second-order valence-electron chi connectivity index (χ2n) is 6.08. The average molecular weight is 361 g/mol. The molecule has 22 heavy (non-hydrogen) atoms. The Balaban J connectivity index is 0. The molecule has 0 saturated carbocycles. The fraction of sp³-hybridized carbons (Fsp3) is 1.00. The van der Waals surface area contributed by atoms with Crippen molar-refractivity contribution in [2.45, 2.75) is 102 Å². The van der Waals surface area contributed by atoms with Gasteiger partial charge in [-0.2, -0.15) is 0 Å². The van der Waals surface area contributed by atoms with Gasteiger partial charge in [0.15, 0.2) is 4.93 Å². The first-order valence-corrected chi connectivity index (χ1v) is 9.96. The van der Waals surface area contributed by atoms with E-state index in [0.717, 1.165) is 38.5 Å². The Labute approximate surface area is 180 Å². The van der Waals surface area contributed by atoms with Crippen molar-refractivity contribution in [1.29, 1.82) is 0 Å². The number of hydrogen-bond donors (Lipinski definition) is 1. The van der Waals surface area contributed by atoms with E-state index >= 15 is 0 Å². The SMILES string of the molecule is CCCCCCCCCC(O)(CCCCCC)S(=O)(=O)[O-].[K+]. The molecule has 1 atom stereocenters. The molecule has 0 heterocycles. The van der Waals surface area contributed by atoms with Gasteiger partial charge in [-0.3, -0.25) is 0 Å². The molecule has 1 N–H and O–H groups in total. The van der Waals surface area contributed by atoms with Crippen LogP contribution in [0.5, 0.6) is 0 Å². The van der Waals surface area contributed by atoms with Crippen molar-refractivity contribution in [3.05, 3.63) is 0 Å². The van der Waals surface area contributed by atoms with Gasteiger partial charge < -0.3 is 9.66 Å². The van der Waals surface area contributed by atoms with Gasteiger partial charge in [-0.05, 0) is 25.7 Å². The van der Waals surface area contributed by atoms with E-state index in [1.54, 1.807) is 0 Å². The van der Waals surface area contributed by atoms with Crippen LogP contribution in [0.1, 0.15) is 97.3 Å². The molecule has 0 rings (SSSR count). The molecule has 0 saturated heterocycles. The molecule has 0 aromatic rings. The van der Waals surface area contributed by atoms with Gasteiger partial charge in [-0.25, -0.2) is 8.42 Å². The van der Waals surface area contributed by atoms with Gasteiger partial charge in [0.1, 0.15) is 10.1 Å². The predicted octanol–water partition coefficient (Wildman–Crippen LogP) is 1.34. The second kappa shape index (κ2) is 14.8. The molecule has 0 aliphatic carbocycles. The number of hydrogen-bond acceptors (Lipinski definition) is 4. The van der Waals surface area contributed by atoms with Crippen LogP contribution in [0.4, 0.5) is 0 Å². The van der Waals surface area contributed by atoms with Crippen molar-refractivity contribution in [3.8, 4) is 0 Å². The summed E-state index contributed by atoms with van der Waals surface area (Å²) in [5.41, 5.74) is 0. The van der Waals surface area contributed by atoms with Crippen molar-refractivity contribution in [3.63, 3.8) is 0 Å². The average Bonchev–Trinajstić information content (AvgIpc) is 2.41. The van der Waals surface area contributed by atoms with Gasteiger partial charge in [0.2, 0.25) is 0 Å². The monoisotopic (exact) mass is 360 g/mol. The predicted molar refractivity (Wildman–Crippen MR) is 86.0 cm³/mol. The first kappa shape index (κ1) is 25.7. The van der Waals surface area contributed by atoms with Crippen LogP contribution in [0, 0.1) is 0 Å². The molecule has 128 valence electrons. The van der Waals surface area contributed by atoms with E-state index in [1.807, 2.05) is 0 Å². The van der Waals surface area contributed by atoms with Crippen LogP contribution in [-0.4, -0.2) is 23.0 Å². The molecule has 0 aliphatic heterocycles. The van der Waals surface area contributed by atoms with Crippen molar-refractivity contribution in [1.82, 2.24) is 0 Å². The molecule has 0 aromatic carbocycles. The van der Waals surface area contributed by atoms with Gasteiger partial charge in [-0.1, -0.05) is 71.6 Å². The topological polar surface area (TPSA) is 77.4 Å². The van der Waals surface area contributed by atoms with E-state index in [2.05, 4.69) is 13.8 Å². The maximum Gasteiger partial charge on any atom is 1.00 e. The Morgan fingerprint density at radius 1 is 0.773 bits per heavy atom. The molecule has 0 amide bonds. The molecule has 6 heteroatoms. The molecule has 0 fully saturated rings. The summed E-state index contributed by atoms with van der Waals surface area (Å²) in [6.45, 7) is 4.23. The van der Waals surface area contributed by atoms with Crippen LogP contribution >= 0.6 is 0 Å². The summed E-state index contributed by atoms with van der Waals surface area (Å²) in [4.78, 5) is -2.05. The summed E-state index contributed by atoms with van der Waals surface area (Å²) in [5.74, 6) is 0. The van der Waals surface area contributed by atoms with Crippen LogP contribution in [0.2, 0.25) is 0 Å². The summed E-state index contributed by atoms with van der Waals surface area (Å²) in [5, 5.41) is 10.2. The summed E-state index contributed by atoms with van der Waals surface area (Å²) in [7, 11) is -4.65. The Kier molecular flexibility index (Phi) is 17.3. The van der Waals surface area contributed by atoms with Crippen LogP contribution in [-0.2, 0) is 10.1 Å². The van der Waals surface area contributed by atoms with Crippen LogP contribution in [0.15, 0.2) is 0 Å². The summed E-state index contributed by atoms with van der Waals surface area (Å²) in [6.07, 6.45) is 11.0. The smallest absolute Gasteiger partial charge is 0.746 e. The van der Waals surface area contributed by atoms with Crippen molar-refractivity contribution in [2.75, 3.05) is 0 Å². The van der Waals surface area contributed by atoms with E-state index < -0.39 is 15.1 Å². The molecule has 0 bridgehead atoms. The molecular weight excluding hydrogens is 327 g/mol.